The van der Waals surface area contributed by atoms with Gasteiger partial charge in [0.2, 0.25) is 5.91 Å². The van der Waals surface area contributed by atoms with Gasteiger partial charge in [-0.3, -0.25) is 4.79 Å². The Morgan fingerprint density at radius 2 is 1.03 bits per heavy atom. The van der Waals surface area contributed by atoms with Gasteiger partial charge >= 0.3 is 18.4 Å². The van der Waals surface area contributed by atoms with E-state index in [1.165, 1.54) is 35.2 Å². The van der Waals surface area contributed by atoms with Crippen molar-refractivity contribution in [3.63, 3.8) is 0 Å². The molecule has 4 aromatic carbocycles. The number of hydrogen-bond acceptors (Lipinski definition) is 11. The molecule has 0 saturated carbocycles. The van der Waals surface area contributed by atoms with E-state index in [-0.39, 0.29) is 37.2 Å². The molecule has 352 valence electrons. The molecule has 2 saturated heterocycles. The van der Waals surface area contributed by atoms with E-state index < -0.39 is 41.2 Å². The maximum atomic E-state index is 12.9. The van der Waals surface area contributed by atoms with Crippen molar-refractivity contribution in [3.05, 3.63) is 121 Å². The number of likely N-dealkylation sites (tertiary alicyclic amines) is 2. The number of benzene rings is 4. The van der Waals surface area contributed by atoms with Crippen LogP contribution in [0.2, 0.25) is 0 Å². The predicted molar refractivity (Wildman–Crippen MR) is 241 cm³/mol. The zero-order valence-corrected chi connectivity index (χ0v) is 36.6. The molecule has 13 nitrogen and oxygen atoms in total. The second-order valence-electron chi connectivity index (χ2n) is 17.2. The number of anilines is 2. The summed E-state index contributed by atoms with van der Waals surface area (Å²) >= 11 is 0. The van der Waals surface area contributed by atoms with Gasteiger partial charge in [0, 0.05) is 57.8 Å². The van der Waals surface area contributed by atoms with E-state index >= 15 is 0 Å². The number of fused-ring (bicyclic) bond motifs is 2. The van der Waals surface area contributed by atoms with Crippen LogP contribution in [0.4, 0.5) is 42.8 Å². The van der Waals surface area contributed by atoms with Crippen LogP contribution in [0.3, 0.4) is 0 Å². The van der Waals surface area contributed by atoms with E-state index in [4.69, 9.17) is 4.74 Å². The van der Waals surface area contributed by atoms with Crippen LogP contribution in [-0.4, -0.2) is 108 Å². The van der Waals surface area contributed by atoms with Crippen LogP contribution in [0.5, 0.6) is 0 Å². The molecule has 6 aromatic rings. The molecule has 4 heterocycles. The Labute approximate surface area is 381 Å². The SMILES string of the molecule is C=CC(=O)N1C[C@@H](Nc2nnc(-c3ccc(C(F)(F)F)cc3)c3ccccc23)C[C@H]1CO.CC(C)(C)OC(=O)N1C[C@@H](Nc2nnc(-c3ccc(C(F)(F)F)cc3)c3ccccc23)C[C@H]1CO. The highest BCUT2D eigenvalue weighted by Crippen LogP contribution is 2.36. The monoisotopic (exact) mass is 930 g/mol. The van der Waals surface area contributed by atoms with Crippen LogP contribution in [0, 0.1) is 0 Å². The number of amides is 2. The zero-order chi connectivity index (χ0) is 48.3. The van der Waals surface area contributed by atoms with Gasteiger partial charge < -0.3 is 35.4 Å². The van der Waals surface area contributed by atoms with E-state index in [9.17, 15) is 46.1 Å². The number of nitrogens with one attached hydrogen (secondary N) is 2. The summed E-state index contributed by atoms with van der Waals surface area (Å²) in [5.41, 5.74) is -0.125. The fraction of sp³-hybridized carbons (Fsp3) is 0.333. The number of aliphatic hydroxyl groups excluding tert-OH is 2. The predicted octanol–water partition coefficient (Wildman–Crippen LogP) is 8.97. The first-order valence-corrected chi connectivity index (χ1v) is 21.3. The van der Waals surface area contributed by atoms with Gasteiger partial charge in [-0.05, 0) is 64.0 Å². The number of hydrogen-bond donors (Lipinski definition) is 4. The van der Waals surface area contributed by atoms with Gasteiger partial charge in [0.25, 0.3) is 0 Å². The van der Waals surface area contributed by atoms with Crippen LogP contribution in [-0.2, 0) is 21.9 Å². The molecule has 67 heavy (non-hydrogen) atoms. The standard InChI is InChI=1S/C25H27F3N4O3.C23H21F3N4O2/c1-24(2,3)35-23(34)32-13-17(12-18(32)14-33)29-22-20-7-5-4-6-19(20)21(30-31-22)15-8-10-16(11-9-15)25(26,27)28;1-2-20(32)30-12-16(11-17(30)13-31)27-22-19-6-4-3-5-18(19)21(28-29-22)14-7-9-15(10-8-14)23(24,25)26/h4-11,17-18,33H,12-14H2,1-3H3,(H,29,31);2-10,16-17,31H,1,11-13H2,(H,27,29)/t17-,18-;16-,17-/m00/s1. The molecule has 0 radical (unpaired) electrons. The lowest BCUT2D eigenvalue weighted by Crippen LogP contribution is -2.41. The van der Waals surface area contributed by atoms with Gasteiger partial charge in [-0.1, -0.05) is 79.4 Å². The summed E-state index contributed by atoms with van der Waals surface area (Å²) in [7, 11) is 0. The molecule has 4 atom stereocenters. The van der Waals surface area contributed by atoms with E-state index in [1.807, 2.05) is 48.5 Å². The smallest absolute Gasteiger partial charge is 0.416 e. The Bertz CT molecular complexity index is 2730. The van der Waals surface area contributed by atoms with Gasteiger partial charge in [0.1, 0.15) is 17.0 Å². The quantitative estimate of drug-likeness (QED) is 0.0808. The third kappa shape index (κ3) is 11.1. The van der Waals surface area contributed by atoms with E-state index in [1.54, 1.807) is 25.7 Å². The lowest BCUT2D eigenvalue weighted by Gasteiger charge is -2.27. The number of aromatic nitrogens is 4. The van der Waals surface area contributed by atoms with Gasteiger partial charge in [0.05, 0.1) is 36.4 Å². The number of carbonyl (C=O) groups excluding carboxylic acids is 2. The Kier molecular flexibility index (Phi) is 14.0. The van der Waals surface area contributed by atoms with Gasteiger partial charge in [-0.25, -0.2) is 4.79 Å². The first-order chi connectivity index (χ1) is 31.8. The molecule has 0 spiro atoms. The van der Waals surface area contributed by atoms with Crippen molar-refractivity contribution in [1.29, 1.82) is 0 Å². The first-order valence-electron chi connectivity index (χ1n) is 21.3. The van der Waals surface area contributed by atoms with Crippen LogP contribution >= 0.6 is 0 Å². The van der Waals surface area contributed by atoms with E-state index in [0.717, 1.165) is 45.8 Å². The highest BCUT2D eigenvalue weighted by molar-refractivity contribution is 6.01. The summed E-state index contributed by atoms with van der Waals surface area (Å²) in [6.07, 6.45) is -7.07. The summed E-state index contributed by atoms with van der Waals surface area (Å²) in [5.74, 6) is 0.747. The molecule has 2 aliphatic heterocycles. The van der Waals surface area contributed by atoms with Crippen molar-refractivity contribution in [2.24, 2.45) is 0 Å². The summed E-state index contributed by atoms with van der Waals surface area (Å²) in [6, 6.07) is 23.3. The number of ether oxygens (including phenoxy) is 1. The Morgan fingerprint density at radius 3 is 1.40 bits per heavy atom. The summed E-state index contributed by atoms with van der Waals surface area (Å²) in [5, 5.41) is 46.2. The molecule has 0 unspecified atom stereocenters. The average molecular weight is 931 g/mol. The van der Waals surface area contributed by atoms with Crippen molar-refractivity contribution in [2.45, 2.75) is 75.7 Å². The number of nitrogens with zero attached hydrogens (tertiary/aromatic N) is 6. The van der Waals surface area contributed by atoms with Crippen LogP contribution in [0.25, 0.3) is 44.1 Å². The average Bonchev–Trinajstić information content (AvgIpc) is 3.92. The maximum Gasteiger partial charge on any atom is 0.416 e. The number of carbonyl (C=O) groups is 2. The minimum absolute atomic E-state index is 0.148. The second-order valence-corrected chi connectivity index (χ2v) is 17.2. The molecule has 0 bridgehead atoms. The minimum Gasteiger partial charge on any atom is -0.444 e. The van der Waals surface area contributed by atoms with Gasteiger partial charge in [-0.15, -0.1) is 20.4 Å². The largest absolute Gasteiger partial charge is 0.444 e. The Morgan fingerprint density at radius 1 is 0.642 bits per heavy atom. The lowest BCUT2D eigenvalue weighted by molar-refractivity contribution is -0.138. The molecule has 2 fully saturated rings. The third-order valence-electron chi connectivity index (χ3n) is 11.4. The van der Waals surface area contributed by atoms with E-state index in [0.29, 0.717) is 60.1 Å². The van der Waals surface area contributed by atoms with Gasteiger partial charge in [-0.2, -0.15) is 26.3 Å². The Balaban J connectivity index is 0.000000200. The highest BCUT2D eigenvalue weighted by Gasteiger charge is 2.38. The third-order valence-corrected chi connectivity index (χ3v) is 11.4. The molecule has 0 aliphatic carbocycles. The Hall–Kier alpha value is -6.86. The topological polar surface area (TPSA) is 166 Å². The molecular weight excluding hydrogens is 883 g/mol. The number of rotatable bonds is 9. The molecule has 4 N–H and O–H groups in total. The fourth-order valence-corrected chi connectivity index (χ4v) is 8.19. The summed E-state index contributed by atoms with van der Waals surface area (Å²) < 4.78 is 83.0. The van der Waals surface area contributed by atoms with Crippen molar-refractivity contribution in [2.75, 3.05) is 36.9 Å². The van der Waals surface area contributed by atoms with Gasteiger partial charge in [0.15, 0.2) is 11.6 Å². The van der Waals surface area contributed by atoms with Crippen molar-refractivity contribution in [3.8, 4) is 22.5 Å². The van der Waals surface area contributed by atoms with E-state index in [2.05, 4.69) is 37.6 Å². The van der Waals surface area contributed by atoms with Crippen molar-refractivity contribution >= 4 is 45.2 Å². The normalized spacial score (nSPS) is 18.7. The van der Waals surface area contributed by atoms with Crippen LogP contribution in [0.15, 0.2) is 110 Å². The summed E-state index contributed by atoms with van der Waals surface area (Å²) in [4.78, 5) is 27.7. The fourth-order valence-electron chi connectivity index (χ4n) is 8.19. The zero-order valence-electron chi connectivity index (χ0n) is 36.6. The maximum absolute atomic E-state index is 12.9. The molecule has 8 rings (SSSR count). The molecule has 2 aromatic heterocycles. The molecular formula is C48H48F6N8O5. The number of aliphatic hydroxyl groups is 2. The van der Waals surface area contributed by atoms with Crippen LogP contribution < -0.4 is 10.6 Å². The first kappa shape index (κ1) is 48.1. The highest BCUT2D eigenvalue weighted by atomic mass is 19.4. The number of halogens is 6. The second kappa shape index (κ2) is 19.5. The minimum atomic E-state index is -4.42. The summed E-state index contributed by atoms with van der Waals surface area (Å²) in [6.45, 7) is 9.19. The lowest BCUT2D eigenvalue weighted by atomic mass is 10.0. The molecule has 2 aliphatic rings. The molecule has 19 heteroatoms. The number of alkyl halides is 6. The van der Waals surface area contributed by atoms with Crippen molar-refractivity contribution in [1.82, 2.24) is 30.2 Å². The van der Waals surface area contributed by atoms with Crippen LogP contribution in [0.1, 0.15) is 44.7 Å². The van der Waals surface area contributed by atoms with Crippen molar-refractivity contribution < 1.29 is 50.9 Å². The molecule has 2 amide bonds.